The zero-order valence-electron chi connectivity index (χ0n) is 12.9. The van der Waals surface area contributed by atoms with Gasteiger partial charge in [0.15, 0.2) is 5.75 Å². The van der Waals surface area contributed by atoms with Gasteiger partial charge in [-0.15, -0.1) is 0 Å². The summed E-state index contributed by atoms with van der Waals surface area (Å²) in [6.07, 6.45) is 1.46. The summed E-state index contributed by atoms with van der Waals surface area (Å²) < 4.78 is 32.7. The largest absolute Gasteiger partial charge is 0.490 e. The lowest BCUT2D eigenvalue weighted by Crippen LogP contribution is -2.27. The molecule has 24 heavy (non-hydrogen) atoms. The maximum absolute atomic E-state index is 12.6. The van der Waals surface area contributed by atoms with E-state index in [0.29, 0.717) is 6.42 Å². The first-order valence-electron chi connectivity index (χ1n) is 7.35. The van der Waals surface area contributed by atoms with Crippen LogP contribution in [0.5, 0.6) is 5.75 Å². The lowest BCUT2D eigenvalue weighted by molar-refractivity contribution is -0.386. The average Bonchev–Trinajstić information content (AvgIpc) is 2.96. The molecule has 0 heterocycles. The summed E-state index contributed by atoms with van der Waals surface area (Å²) in [5.74, 6) is 0.0187. The number of benzene rings is 2. The van der Waals surface area contributed by atoms with Gasteiger partial charge in [0, 0.05) is 12.1 Å². The maximum Gasteiger partial charge on any atom is 0.312 e. The minimum Gasteiger partial charge on any atom is -0.490 e. The lowest BCUT2D eigenvalue weighted by Gasteiger charge is -2.14. The van der Waals surface area contributed by atoms with Gasteiger partial charge in [0.2, 0.25) is 10.0 Å². The Morgan fingerprint density at radius 2 is 2.00 bits per heavy atom. The van der Waals surface area contributed by atoms with Crippen LogP contribution in [0.25, 0.3) is 0 Å². The molecule has 0 unspecified atom stereocenters. The van der Waals surface area contributed by atoms with Crippen molar-refractivity contribution in [3.05, 3.63) is 63.7 Å². The SMILES string of the molecule is COc1ccc(S(=O)(=O)N[C@H]2CCc3ccccc32)cc1[N+](=O)[O-]. The Labute approximate surface area is 139 Å². The fourth-order valence-electron chi connectivity index (χ4n) is 2.91. The summed E-state index contributed by atoms with van der Waals surface area (Å²) in [7, 11) is -2.58. The number of sulfonamides is 1. The van der Waals surface area contributed by atoms with Crippen LogP contribution in [0.15, 0.2) is 47.4 Å². The number of ether oxygens (including phenoxy) is 1. The fourth-order valence-corrected chi connectivity index (χ4v) is 4.18. The number of nitro groups is 1. The molecule has 2 aromatic rings. The molecule has 7 nitrogen and oxygen atoms in total. The molecule has 1 aliphatic carbocycles. The van der Waals surface area contributed by atoms with Gasteiger partial charge in [-0.05, 0) is 36.1 Å². The van der Waals surface area contributed by atoms with Crippen LogP contribution in [-0.4, -0.2) is 20.5 Å². The van der Waals surface area contributed by atoms with Gasteiger partial charge in [-0.2, -0.15) is 0 Å². The number of aryl methyl sites for hydroxylation is 1. The van der Waals surface area contributed by atoms with Gasteiger partial charge in [0.05, 0.1) is 16.9 Å². The second kappa shape index (κ2) is 6.21. The zero-order valence-corrected chi connectivity index (χ0v) is 13.7. The van der Waals surface area contributed by atoms with E-state index < -0.39 is 14.9 Å². The monoisotopic (exact) mass is 348 g/mol. The molecule has 126 valence electrons. The summed E-state index contributed by atoms with van der Waals surface area (Å²) in [6.45, 7) is 0. The van der Waals surface area contributed by atoms with Crippen LogP contribution in [0.3, 0.4) is 0 Å². The molecule has 0 aliphatic heterocycles. The molecule has 1 atom stereocenters. The Balaban J connectivity index is 1.92. The fraction of sp³-hybridized carbons (Fsp3) is 0.250. The van der Waals surface area contributed by atoms with Crippen molar-refractivity contribution < 1.29 is 18.1 Å². The van der Waals surface area contributed by atoms with E-state index in [4.69, 9.17) is 4.74 Å². The number of nitro benzene ring substituents is 1. The van der Waals surface area contributed by atoms with Crippen LogP contribution < -0.4 is 9.46 Å². The van der Waals surface area contributed by atoms with E-state index in [0.717, 1.165) is 23.6 Å². The quantitative estimate of drug-likeness (QED) is 0.661. The first-order chi connectivity index (χ1) is 11.4. The van der Waals surface area contributed by atoms with E-state index in [1.165, 1.54) is 19.2 Å². The zero-order chi connectivity index (χ0) is 17.3. The average molecular weight is 348 g/mol. The number of methoxy groups -OCH3 is 1. The van der Waals surface area contributed by atoms with Crippen molar-refractivity contribution in [3.63, 3.8) is 0 Å². The molecule has 1 N–H and O–H groups in total. The Morgan fingerprint density at radius 1 is 1.25 bits per heavy atom. The van der Waals surface area contributed by atoms with Gasteiger partial charge >= 0.3 is 5.69 Å². The Hall–Kier alpha value is -2.45. The molecule has 0 bridgehead atoms. The van der Waals surface area contributed by atoms with Gasteiger partial charge in [-0.25, -0.2) is 13.1 Å². The van der Waals surface area contributed by atoms with E-state index >= 15 is 0 Å². The molecule has 0 radical (unpaired) electrons. The van der Waals surface area contributed by atoms with E-state index in [1.54, 1.807) is 0 Å². The lowest BCUT2D eigenvalue weighted by atomic mass is 10.1. The van der Waals surface area contributed by atoms with E-state index in [1.807, 2.05) is 24.3 Å². The highest BCUT2D eigenvalue weighted by Crippen LogP contribution is 2.33. The number of nitrogens with zero attached hydrogens (tertiary/aromatic N) is 1. The van der Waals surface area contributed by atoms with Gasteiger partial charge in [-0.3, -0.25) is 10.1 Å². The number of hydrogen-bond acceptors (Lipinski definition) is 5. The van der Waals surface area contributed by atoms with E-state index in [9.17, 15) is 18.5 Å². The third-order valence-corrected chi connectivity index (χ3v) is 5.56. The molecule has 3 rings (SSSR count). The molecule has 0 spiro atoms. The number of hydrogen-bond donors (Lipinski definition) is 1. The van der Waals surface area contributed by atoms with Crippen LogP contribution >= 0.6 is 0 Å². The molecule has 0 fully saturated rings. The highest BCUT2D eigenvalue weighted by atomic mass is 32.2. The number of nitrogens with one attached hydrogen (secondary N) is 1. The van der Waals surface area contributed by atoms with Crippen molar-refractivity contribution in [1.82, 2.24) is 4.72 Å². The van der Waals surface area contributed by atoms with Gasteiger partial charge in [0.25, 0.3) is 0 Å². The molecule has 2 aromatic carbocycles. The van der Waals surface area contributed by atoms with Gasteiger partial charge in [0.1, 0.15) is 0 Å². The summed E-state index contributed by atoms with van der Waals surface area (Å²) in [4.78, 5) is 10.3. The standard InChI is InChI=1S/C16H16N2O5S/c1-23-16-9-7-12(10-15(16)18(19)20)24(21,22)17-14-8-6-11-4-2-3-5-13(11)14/h2-5,7,9-10,14,17H,6,8H2,1H3/t14-/m0/s1. The van der Waals surface area contributed by atoms with Gasteiger partial charge in [-0.1, -0.05) is 24.3 Å². The number of rotatable bonds is 5. The maximum atomic E-state index is 12.6. The minimum absolute atomic E-state index is 0.0187. The summed E-state index contributed by atoms with van der Waals surface area (Å²) in [5, 5.41) is 11.1. The Morgan fingerprint density at radius 3 is 2.71 bits per heavy atom. The molecule has 1 aliphatic rings. The van der Waals surface area contributed by atoms with Crippen LogP contribution in [0.1, 0.15) is 23.6 Å². The summed E-state index contributed by atoms with van der Waals surface area (Å²) in [6, 6.07) is 10.9. The summed E-state index contributed by atoms with van der Waals surface area (Å²) >= 11 is 0. The first kappa shape index (κ1) is 16.4. The van der Waals surface area contributed by atoms with E-state index in [-0.39, 0.29) is 22.4 Å². The third-order valence-electron chi connectivity index (χ3n) is 4.09. The van der Waals surface area contributed by atoms with Crippen molar-refractivity contribution >= 4 is 15.7 Å². The van der Waals surface area contributed by atoms with Crippen molar-refractivity contribution in [1.29, 1.82) is 0 Å². The molecule has 8 heteroatoms. The smallest absolute Gasteiger partial charge is 0.312 e. The van der Waals surface area contributed by atoms with Crippen molar-refractivity contribution in [2.75, 3.05) is 7.11 Å². The second-order valence-corrected chi connectivity index (χ2v) is 7.22. The molecular weight excluding hydrogens is 332 g/mol. The molecule has 0 saturated heterocycles. The van der Waals surface area contributed by atoms with Crippen LogP contribution in [-0.2, 0) is 16.4 Å². The van der Waals surface area contributed by atoms with Crippen molar-refractivity contribution in [3.8, 4) is 5.75 Å². The highest BCUT2D eigenvalue weighted by molar-refractivity contribution is 7.89. The van der Waals surface area contributed by atoms with Crippen LogP contribution in [0.4, 0.5) is 5.69 Å². The molecule has 0 aromatic heterocycles. The molecular formula is C16H16N2O5S. The minimum atomic E-state index is -3.88. The normalized spacial score (nSPS) is 16.6. The highest BCUT2D eigenvalue weighted by Gasteiger charge is 2.28. The second-order valence-electron chi connectivity index (χ2n) is 5.50. The predicted molar refractivity (Wildman–Crippen MR) is 87.5 cm³/mol. The molecule has 0 amide bonds. The Kier molecular flexibility index (Phi) is 4.25. The van der Waals surface area contributed by atoms with Crippen molar-refractivity contribution in [2.24, 2.45) is 0 Å². The topological polar surface area (TPSA) is 98.5 Å². The summed E-state index contributed by atoms with van der Waals surface area (Å²) in [5.41, 5.74) is 1.68. The molecule has 0 saturated carbocycles. The third kappa shape index (κ3) is 2.98. The van der Waals surface area contributed by atoms with Crippen molar-refractivity contribution in [2.45, 2.75) is 23.8 Å². The van der Waals surface area contributed by atoms with E-state index in [2.05, 4.69) is 4.72 Å². The Bertz CT molecular complexity index is 895. The van der Waals surface area contributed by atoms with Crippen LogP contribution in [0, 0.1) is 10.1 Å². The van der Waals surface area contributed by atoms with Crippen LogP contribution in [0.2, 0.25) is 0 Å². The number of fused-ring (bicyclic) bond motifs is 1. The first-order valence-corrected chi connectivity index (χ1v) is 8.83. The predicted octanol–water partition coefficient (Wildman–Crippen LogP) is 2.57. The van der Waals surface area contributed by atoms with Gasteiger partial charge < -0.3 is 4.74 Å².